The van der Waals surface area contributed by atoms with Gasteiger partial charge < -0.3 is 4.74 Å². The zero-order valence-electron chi connectivity index (χ0n) is 7.59. The molecular weight excluding hydrogens is 176 g/mol. The van der Waals surface area contributed by atoms with Crippen LogP contribution in [0.1, 0.15) is 10.4 Å². The van der Waals surface area contributed by atoms with Crippen molar-refractivity contribution < 1.29 is 9.53 Å². The molecule has 0 atom stereocenters. The van der Waals surface area contributed by atoms with E-state index in [1.165, 1.54) is 0 Å². The Morgan fingerprint density at radius 2 is 1.71 bits per heavy atom. The van der Waals surface area contributed by atoms with Gasteiger partial charge in [-0.05, 0) is 24.3 Å². The summed E-state index contributed by atoms with van der Waals surface area (Å²) in [7, 11) is 0. The minimum absolute atomic E-state index is 0.206. The molecule has 0 saturated heterocycles. The Hall–Kier alpha value is -1.83. The van der Waals surface area contributed by atoms with E-state index in [0.29, 0.717) is 5.56 Å². The first-order valence-corrected chi connectivity index (χ1v) is 4.47. The SMILES string of the molecule is O=C(OC1C=CC=C1)c1ccccc1. The average molecular weight is 186 g/mol. The lowest BCUT2D eigenvalue weighted by molar-refractivity contribution is 0.0466. The highest BCUT2D eigenvalue weighted by Gasteiger charge is 2.11. The molecule has 0 aliphatic heterocycles. The van der Waals surface area contributed by atoms with Gasteiger partial charge in [0.25, 0.3) is 0 Å². The fourth-order valence-electron chi connectivity index (χ4n) is 1.26. The Bertz CT molecular complexity index is 365. The number of rotatable bonds is 2. The van der Waals surface area contributed by atoms with Gasteiger partial charge in [0.05, 0.1) is 5.56 Å². The van der Waals surface area contributed by atoms with Gasteiger partial charge in [-0.25, -0.2) is 4.79 Å². The summed E-state index contributed by atoms with van der Waals surface area (Å²) < 4.78 is 5.18. The fraction of sp³-hybridized carbons (Fsp3) is 0.0833. The molecule has 0 bridgehead atoms. The maximum absolute atomic E-state index is 11.5. The summed E-state index contributed by atoms with van der Waals surface area (Å²) in [5, 5.41) is 0. The van der Waals surface area contributed by atoms with Crippen molar-refractivity contribution in [3.8, 4) is 0 Å². The molecule has 0 saturated carbocycles. The van der Waals surface area contributed by atoms with Gasteiger partial charge in [-0.2, -0.15) is 0 Å². The molecule has 2 heteroatoms. The molecular formula is C12H10O2. The summed E-state index contributed by atoms with van der Waals surface area (Å²) in [6, 6.07) is 8.98. The molecule has 1 aromatic rings. The Morgan fingerprint density at radius 1 is 1.07 bits per heavy atom. The number of ether oxygens (including phenoxy) is 1. The molecule has 2 rings (SSSR count). The van der Waals surface area contributed by atoms with Gasteiger partial charge in [0.2, 0.25) is 0 Å². The third kappa shape index (κ3) is 1.91. The highest BCUT2D eigenvalue weighted by Crippen LogP contribution is 2.08. The highest BCUT2D eigenvalue weighted by atomic mass is 16.5. The molecule has 0 radical (unpaired) electrons. The zero-order chi connectivity index (χ0) is 9.80. The van der Waals surface area contributed by atoms with E-state index >= 15 is 0 Å². The molecule has 1 aliphatic rings. The van der Waals surface area contributed by atoms with Gasteiger partial charge in [0, 0.05) is 0 Å². The van der Waals surface area contributed by atoms with E-state index < -0.39 is 0 Å². The van der Waals surface area contributed by atoms with Crippen LogP contribution in [0.5, 0.6) is 0 Å². The van der Waals surface area contributed by atoms with Crippen LogP contribution in [0.2, 0.25) is 0 Å². The second-order valence-electron chi connectivity index (χ2n) is 3.01. The number of carbonyl (C=O) groups is 1. The summed E-state index contributed by atoms with van der Waals surface area (Å²) in [5.74, 6) is -0.285. The van der Waals surface area contributed by atoms with Crippen LogP contribution in [-0.2, 0) is 4.74 Å². The Labute approximate surface area is 82.5 Å². The van der Waals surface area contributed by atoms with Gasteiger partial charge in [-0.1, -0.05) is 30.4 Å². The van der Waals surface area contributed by atoms with Crippen LogP contribution < -0.4 is 0 Å². The topological polar surface area (TPSA) is 26.3 Å². The number of hydrogen-bond donors (Lipinski definition) is 0. The first-order valence-electron chi connectivity index (χ1n) is 4.47. The van der Waals surface area contributed by atoms with E-state index in [0.717, 1.165) is 0 Å². The second kappa shape index (κ2) is 3.92. The van der Waals surface area contributed by atoms with Gasteiger partial charge >= 0.3 is 5.97 Å². The number of benzene rings is 1. The fourth-order valence-corrected chi connectivity index (χ4v) is 1.26. The maximum Gasteiger partial charge on any atom is 0.339 e. The lowest BCUT2D eigenvalue weighted by atomic mass is 10.2. The lowest BCUT2D eigenvalue weighted by Crippen LogP contribution is -2.12. The van der Waals surface area contributed by atoms with Crippen LogP contribution in [0, 0.1) is 0 Å². The quantitative estimate of drug-likeness (QED) is 0.662. The second-order valence-corrected chi connectivity index (χ2v) is 3.01. The average Bonchev–Trinajstić information content (AvgIpc) is 2.72. The number of hydrogen-bond acceptors (Lipinski definition) is 2. The van der Waals surface area contributed by atoms with Crippen LogP contribution in [0.15, 0.2) is 54.6 Å². The van der Waals surface area contributed by atoms with Crippen molar-refractivity contribution in [3.05, 3.63) is 60.2 Å². The molecule has 0 spiro atoms. The van der Waals surface area contributed by atoms with Crippen molar-refractivity contribution in [2.75, 3.05) is 0 Å². The number of carbonyl (C=O) groups excluding carboxylic acids is 1. The van der Waals surface area contributed by atoms with E-state index in [4.69, 9.17) is 4.74 Å². The molecule has 1 aromatic carbocycles. The third-order valence-electron chi connectivity index (χ3n) is 1.97. The Morgan fingerprint density at radius 3 is 2.36 bits per heavy atom. The summed E-state index contributed by atoms with van der Waals surface area (Å²) in [6.45, 7) is 0. The van der Waals surface area contributed by atoms with Crippen molar-refractivity contribution in [1.82, 2.24) is 0 Å². The molecule has 0 aromatic heterocycles. The zero-order valence-corrected chi connectivity index (χ0v) is 7.59. The normalized spacial score (nSPS) is 14.6. The van der Waals surface area contributed by atoms with E-state index in [1.54, 1.807) is 12.1 Å². The molecule has 0 unspecified atom stereocenters. The van der Waals surface area contributed by atoms with Gasteiger partial charge in [-0.15, -0.1) is 0 Å². The first-order chi connectivity index (χ1) is 6.86. The largest absolute Gasteiger partial charge is 0.450 e. The molecule has 14 heavy (non-hydrogen) atoms. The van der Waals surface area contributed by atoms with Gasteiger partial charge in [-0.3, -0.25) is 0 Å². The molecule has 0 heterocycles. The minimum atomic E-state index is -0.285. The molecule has 2 nitrogen and oxygen atoms in total. The third-order valence-corrected chi connectivity index (χ3v) is 1.97. The predicted octanol–water partition coefficient (Wildman–Crippen LogP) is 2.34. The molecule has 0 fully saturated rings. The van der Waals surface area contributed by atoms with E-state index in [1.807, 2.05) is 42.5 Å². The van der Waals surface area contributed by atoms with Crippen LogP contribution in [-0.4, -0.2) is 12.1 Å². The first kappa shape index (κ1) is 8.75. The van der Waals surface area contributed by atoms with Crippen LogP contribution in [0.3, 0.4) is 0 Å². The van der Waals surface area contributed by atoms with Crippen molar-refractivity contribution in [3.63, 3.8) is 0 Å². The number of esters is 1. The van der Waals surface area contributed by atoms with E-state index in [2.05, 4.69) is 0 Å². The van der Waals surface area contributed by atoms with E-state index in [9.17, 15) is 4.79 Å². The Balaban J connectivity index is 2.03. The lowest BCUT2D eigenvalue weighted by Gasteiger charge is -2.07. The summed E-state index contributed by atoms with van der Waals surface area (Å²) in [6.07, 6.45) is 7.19. The molecule has 0 N–H and O–H groups in total. The van der Waals surface area contributed by atoms with Crippen molar-refractivity contribution in [2.45, 2.75) is 6.10 Å². The summed E-state index contributed by atoms with van der Waals surface area (Å²) in [4.78, 5) is 11.5. The number of allylic oxidation sites excluding steroid dienone is 2. The standard InChI is InChI=1S/C12H10O2/c13-12(10-6-2-1-3-7-10)14-11-8-4-5-9-11/h1-9,11H. The van der Waals surface area contributed by atoms with Gasteiger partial charge in [0.15, 0.2) is 0 Å². The van der Waals surface area contributed by atoms with Crippen LogP contribution in [0.4, 0.5) is 0 Å². The smallest absolute Gasteiger partial charge is 0.339 e. The molecule has 0 amide bonds. The van der Waals surface area contributed by atoms with Crippen LogP contribution >= 0.6 is 0 Å². The van der Waals surface area contributed by atoms with Crippen molar-refractivity contribution in [2.24, 2.45) is 0 Å². The highest BCUT2D eigenvalue weighted by molar-refractivity contribution is 5.89. The minimum Gasteiger partial charge on any atom is -0.450 e. The summed E-state index contributed by atoms with van der Waals surface area (Å²) in [5.41, 5.74) is 0.584. The monoisotopic (exact) mass is 186 g/mol. The van der Waals surface area contributed by atoms with E-state index in [-0.39, 0.29) is 12.1 Å². The molecule has 1 aliphatic carbocycles. The van der Waals surface area contributed by atoms with Crippen molar-refractivity contribution in [1.29, 1.82) is 0 Å². The maximum atomic E-state index is 11.5. The van der Waals surface area contributed by atoms with Crippen molar-refractivity contribution >= 4 is 5.97 Å². The van der Waals surface area contributed by atoms with Crippen LogP contribution in [0.25, 0.3) is 0 Å². The predicted molar refractivity (Wildman–Crippen MR) is 53.9 cm³/mol. The van der Waals surface area contributed by atoms with Gasteiger partial charge in [0.1, 0.15) is 6.10 Å². The Kier molecular flexibility index (Phi) is 2.45. The summed E-state index contributed by atoms with van der Waals surface area (Å²) >= 11 is 0. The molecule has 70 valence electrons.